The zero-order valence-corrected chi connectivity index (χ0v) is 6.66. The molecule has 0 spiro atoms. The van der Waals surface area contributed by atoms with Crippen LogP contribution in [0.1, 0.15) is 5.56 Å². The predicted molar refractivity (Wildman–Crippen MR) is 42.2 cm³/mol. The van der Waals surface area contributed by atoms with Crippen molar-refractivity contribution in [2.75, 3.05) is 0 Å². The lowest BCUT2D eigenvalue weighted by atomic mass is 10.2. The Kier molecular flexibility index (Phi) is 1.58. The van der Waals surface area contributed by atoms with Crippen molar-refractivity contribution in [2.24, 2.45) is 5.73 Å². The summed E-state index contributed by atoms with van der Waals surface area (Å²) < 4.78 is 12.7. The van der Waals surface area contributed by atoms with Gasteiger partial charge in [0, 0.05) is 11.6 Å². The van der Waals surface area contributed by atoms with Crippen molar-refractivity contribution in [3.05, 3.63) is 29.6 Å². The molecule has 2 amide bonds. The lowest BCUT2D eigenvalue weighted by Crippen LogP contribution is -2.34. The minimum Gasteiger partial charge on any atom is -0.375 e. The average Bonchev–Trinajstić information content (AvgIpc) is 2.46. The van der Waals surface area contributed by atoms with Gasteiger partial charge in [0.05, 0.1) is 6.54 Å². The Morgan fingerprint density at radius 1 is 1.62 bits per heavy atom. The van der Waals surface area contributed by atoms with E-state index < -0.39 is 11.8 Å². The Labute approximate surface area is 73.6 Å². The van der Waals surface area contributed by atoms with Crippen LogP contribution in [0.3, 0.4) is 0 Å². The number of carbonyl (C=O) groups is 1. The van der Waals surface area contributed by atoms with Crippen molar-refractivity contribution in [3.63, 3.8) is 0 Å². The number of hydrogen-bond acceptors (Lipinski definition) is 2. The third-order valence-electron chi connectivity index (χ3n) is 1.80. The molecule has 0 fully saturated rings. The van der Waals surface area contributed by atoms with Crippen LogP contribution >= 0.6 is 0 Å². The highest BCUT2D eigenvalue weighted by atomic mass is 19.1. The average molecular weight is 182 g/mol. The fraction of sp³-hybridized carbons (Fsp3) is 0.125. The van der Waals surface area contributed by atoms with Crippen molar-refractivity contribution in [3.8, 4) is 5.75 Å². The number of fused-ring (bicyclic) bond motifs is 1. The van der Waals surface area contributed by atoms with Gasteiger partial charge in [-0.05, 0) is 6.07 Å². The second-order valence-corrected chi connectivity index (χ2v) is 2.72. The fourth-order valence-electron chi connectivity index (χ4n) is 1.17. The first-order valence-corrected chi connectivity index (χ1v) is 3.70. The van der Waals surface area contributed by atoms with Crippen LogP contribution in [0.15, 0.2) is 18.2 Å². The lowest BCUT2D eigenvalue weighted by molar-refractivity contribution is 0.00775. The molecule has 1 heterocycles. The van der Waals surface area contributed by atoms with Crippen molar-refractivity contribution in [1.29, 1.82) is 0 Å². The van der Waals surface area contributed by atoms with Crippen molar-refractivity contribution in [1.82, 2.24) is 5.06 Å². The van der Waals surface area contributed by atoms with Crippen LogP contribution in [-0.4, -0.2) is 11.1 Å². The van der Waals surface area contributed by atoms with E-state index in [2.05, 4.69) is 0 Å². The molecule has 0 atom stereocenters. The largest absolute Gasteiger partial charge is 0.375 e. The van der Waals surface area contributed by atoms with Gasteiger partial charge in [-0.3, -0.25) is 0 Å². The van der Waals surface area contributed by atoms with Crippen LogP contribution < -0.4 is 10.6 Å². The van der Waals surface area contributed by atoms with Crippen LogP contribution in [0, 0.1) is 5.82 Å². The van der Waals surface area contributed by atoms with Crippen LogP contribution in [-0.2, 0) is 6.54 Å². The molecule has 13 heavy (non-hydrogen) atoms. The SMILES string of the molecule is NC(=O)N1Cc2ccc(F)cc2O1. The Bertz CT molecular complexity index is 367. The van der Waals surface area contributed by atoms with E-state index in [-0.39, 0.29) is 6.54 Å². The van der Waals surface area contributed by atoms with Gasteiger partial charge in [0.1, 0.15) is 5.82 Å². The third kappa shape index (κ3) is 1.28. The van der Waals surface area contributed by atoms with Gasteiger partial charge in [-0.2, -0.15) is 5.06 Å². The Morgan fingerprint density at radius 2 is 2.38 bits per heavy atom. The maximum Gasteiger partial charge on any atom is 0.348 e. The number of hydroxylamine groups is 2. The number of benzene rings is 1. The summed E-state index contributed by atoms with van der Waals surface area (Å²) in [5.41, 5.74) is 5.73. The molecule has 2 N–H and O–H groups in total. The van der Waals surface area contributed by atoms with Gasteiger partial charge in [-0.25, -0.2) is 9.18 Å². The van der Waals surface area contributed by atoms with Crippen molar-refractivity contribution >= 4 is 6.03 Å². The number of urea groups is 1. The summed E-state index contributed by atoms with van der Waals surface area (Å²) in [4.78, 5) is 15.7. The van der Waals surface area contributed by atoms with E-state index in [1.165, 1.54) is 12.1 Å². The first kappa shape index (κ1) is 7.85. The van der Waals surface area contributed by atoms with E-state index in [1.54, 1.807) is 6.07 Å². The number of halogens is 1. The molecule has 0 unspecified atom stereocenters. The molecule has 0 bridgehead atoms. The number of hydrogen-bond donors (Lipinski definition) is 1. The molecule has 1 aliphatic heterocycles. The second kappa shape index (κ2) is 2.62. The zero-order valence-electron chi connectivity index (χ0n) is 6.66. The summed E-state index contributed by atoms with van der Waals surface area (Å²) in [6.07, 6.45) is 0. The molecule has 1 aromatic carbocycles. The summed E-state index contributed by atoms with van der Waals surface area (Å²) in [6.45, 7) is 0.269. The van der Waals surface area contributed by atoms with E-state index in [4.69, 9.17) is 10.6 Å². The van der Waals surface area contributed by atoms with Gasteiger partial charge in [0.2, 0.25) is 0 Å². The molecule has 0 aliphatic carbocycles. The first-order valence-electron chi connectivity index (χ1n) is 3.70. The number of rotatable bonds is 0. The monoisotopic (exact) mass is 182 g/mol. The summed E-state index contributed by atoms with van der Waals surface area (Å²) in [7, 11) is 0. The van der Waals surface area contributed by atoms with Gasteiger partial charge in [-0.15, -0.1) is 0 Å². The van der Waals surface area contributed by atoms with E-state index in [9.17, 15) is 9.18 Å². The van der Waals surface area contributed by atoms with Crippen molar-refractivity contribution < 1.29 is 14.0 Å². The predicted octanol–water partition coefficient (Wildman–Crippen LogP) is 1.01. The summed E-state index contributed by atoms with van der Waals surface area (Å²) >= 11 is 0. The molecule has 5 heteroatoms. The highest BCUT2D eigenvalue weighted by Gasteiger charge is 2.23. The Hall–Kier alpha value is -1.78. The standard InChI is InChI=1S/C8H7FN2O2/c9-6-2-1-5-4-11(8(10)12)13-7(5)3-6/h1-3H,4H2,(H2,10,12). The maximum atomic E-state index is 12.7. The van der Waals surface area contributed by atoms with E-state index in [0.29, 0.717) is 5.75 Å². The quantitative estimate of drug-likeness (QED) is 0.651. The van der Waals surface area contributed by atoms with Crippen LogP contribution in [0.4, 0.5) is 9.18 Å². The number of nitrogens with two attached hydrogens (primary N) is 1. The lowest BCUT2D eigenvalue weighted by Gasteiger charge is -2.09. The summed E-state index contributed by atoms with van der Waals surface area (Å²) in [5, 5.41) is 0.976. The molecular weight excluding hydrogens is 175 g/mol. The van der Waals surface area contributed by atoms with Gasteiger partial charge < -0.3 is 10.6 Å². The molecule has 68 valence electrons. The number of amides is 2. The van der Waals surface area contributed by atoms with E-state index in [1.807, 2.05) is 0 Å². The highest BCUT2D eigenvalue weighted by molar-refractivity contribution is 5.71. The molecule has 0 saturated heterocycles. The van der Waals surface area contributed by atoms with E-state index in [0.717, 1.165) is 10.6 Å². The number of carbonyl (C=O) groups excluding carboxylic acids is 1. The molecule has 1 aliphatic rings. The smallest absolute Gasteiger partial charge is 0.348 e. The minimum atomic E-state index is -0.684. The van der Waals surface area contributed by atoms with Gasteiger partial charge >= 0.3 is 6.03 Å². The zero-order chi connectivity index (χ0) is 9.42. The molecule has 0 aromatic heterocycles. The molecule has 2 rings (SSSR count). The van der Waals surface area contributed by atoms with Crippen molar-refractivity contribution in [2.45, 2.75) is 6.54 Å². The summed E-state index contributed by atoms with van der Waals surface area (Å²) in [6, 6.07) is 3.41. The van der Waals surface area contributed by atoms with E-state index >= 15 is 0 Å². The second-order valence-electron chi connectivity index (χ2n) is 2.72. The fourth-order valence-corrected chi connectivity index (χ4v) is 1.17. The highest BCUT2D eigenvalue weighted by Crippen LogP contribution is 2.28. The minimum absolute atomic E-state index is 0.269. The number of primary amides is 1. The molecular formula is C8H7FN2O2. The summed E-state index contributed by atoms with van der Waals surface area (Å²) in [5.74, 6) is -0.0520. The van der Waals surface area contributed by atoms with Crippen LogP contribution in [0.5, 0.6) is 5.75 Å². The Balaban J connectivity index is 2.30. The van der Waals surface area contributed by atoms with Crippen LogP contribution in [0.2, 0.25) is 0 Å². The van der Waals surface area contributed by atoms with Gasteiger partial charge in [0.15, 0.2) is 5.75 Å². The molecule has 0 radical (unpaired) electrons. The van der Waals surface area contributed by atoms with Gasteiger partial charge in [0.25, 0.3) is 0 Å². The van der Waals surface area contributed by atoms with Crippen LogP contribution in [0.25, 0.3) is 0 Å². The van der Waals surface area contributed by atoms with Gasteiger partial charge in [-0.1, -0.05) is 6.07 Å². The third-order valence-corrected chi connectivity index (χ3v) is 1.80. The normalized spacial score (nSPS) is 13.8. The topological polar surface area (TPSA) is 55.6 Å². The molecule has 0 saturated carbocycles. The Morgan fingerprint density at radius 3 is 3.08 bits per heavy atom. The maximum absolute atomic E-state index is 12.7. The molecule has 4 nitrogen and oxygen atoms in total. The number of nitrogens with zero attached hydrogens (tertiary/aromatic N) is 1. The first-order chi connectivity index (χ1) is 6.16. The molecule has 1 aromatic rings.